The number of thioether (sulfide) groups is 1. The van der Waals surface area contributed by atoms with Gasteiger partial charge in [0, 0.05) is 12.3 Å². The summed E-state index contributed by atoms with van der Waals surface area (Å²) >= 11 is 2.04. The molecular formula is C14H24OS. The number of hydrogen-bond acceptors (Lipinski definition) is 2. The normalized spacial score (nSPS) is 29.0. The molecule has 0 bridgehead atoms. The highest BCUT2D eigenvalue weighted by Gasteiger charge is 2.67. The number of carbonyl (C=O) groups is 1. The molecule has 0 unspecified atom stereocenters. The molecule has 1 aliphatic heterocycles. The Hall–Kier alpha value is 0.0200. The third-order valence-electron chi connectivity index (χ3n) is 5.17. The van der Waals surface area contributed by atoms with E-state index in [0.717, 1.165) is 6.42 Å². The van der Waals surface area contributed by atoms with Crippen LogP contribution in [0.15, 0.2) is 0 Å². The van der Waals surface area contributed by atoms with Gasteiger partial charge < -0.3 is 0 Å². The van der Waals surface area contributed by atoms with E-state index in [1.165, 1.54) is 24.3 Å². The molecule has 1 heterocycles. The van der Waals surface area contributed by atoms with Crippen LogP contribution in [0.4, 0.5) is 0 Å². The van der Waals surface area contributed by atoms with Crippen LogP contribution in [0.25, 0.3) is 0 Å². The van der Waals surface area contributed by atoms with Crippen LogP contribution in [0.2, 0.25) is 0 Å². The van der Waals surface area contributed by atoms with Crippen molar-refractivity contribution in [3.05, 3.63) is 0 Å². The van der Waals surface area contributed by atoms with Gasteiger partial charge in [0.1, 0.15) is 5.78 Å². The average molecular weight is 240 g/mol. The first-order valence-corrected chi connectivity index (χ1v) is 7.63. The second-order valence-electron chi connectivity index (χ2n) is 6.60. The largest absolute Gasteiger partial charge is 0.299 e. The van der Waals surface area contributed by atoms with E-state index >= 15 is 0 Å². The second kappa shape index (κ2) is 4.04. The molecule has 1 saturated heterocycles. The molecule has 2 heteroatoms. The van der Waals surface area contributed by atoms with Gasteiger partial charge in [-0.2, -0.15) is 11.8 Å². The van der Waals surface area contributed by atoms with Crippen molar-refractivity contribution in [2.24, 2.45) is 22.7 Å². The smallest absolute Gasteiger partial charge is 0.137 e. The van der Waals surface area contributed by atoms with Gasteiger partial charge in [0.2, 0.25) is 0 Å². The number of rotatable bonds is 3. The van der Waals surface area contributed by atoms with Gasteiger partial charge in [0.15, 0.2) is 0 Å². The Balaban J connectivity index is 1.90. The van der Waals surface area contributed by atoms with Crippen molar-refractivity contribution in [3.8, 4) is 0 Å². The highest BCUT2D eigenvalue weighted by molar-refractivity contribution is 7.99. The molecule has 1 nitrogen and oxygen atoms in total. The Kier molecular flexibility index (Phi) is 3.15. The molecule has 0 N–H and O–H groups in total. The van der Waals surface area contributed by atoms with Gasteiger partial charge in [-0.05, 0) is 41.1 Å². The van der Waals surface area contributed by atoms with Crippen LogP contribution in [0.3, 0.4) is 0 Å². The summed E-state index contributed by atoms with van der Waals surface area (Å²) < 4.78 is 0. The summed E-state index contributed by atoms with van der Waals surface area (Å²) in [6, 6.07) is 0. The van der Waals surface area contributed by atoms with Crippen molar-refractivity contribution >= 4 is 17.5 Å². The van der Waals surface area contributed by atoms with Gasteiger partial charge in [0.05, 0.1) is 0 Å². The van der Waals surface area contributed by atoms with Gasteiger partial charge in [-0.1, -0.05) is 27.7 Å². The van der Waals surface area contributed by atoms with Crippen LogP contribution in [-0.4, -0.2) is 17.3 Å². The Labute approximate surface area is 104 Å². The van der Waals surface area contributed by atoms with Gasteiger partial charge in [0.25, 0.3) is 0 Å². The number of Topliss-reactive ketones (excluding diaryl/α,β-unsaturated/α-hetero) is 1. The zero-order chi connectivity index (χ0) is 12.0. The molecule has 0 atom stereocenters. The molecule has 1 saturated carbocycles. The summed E-state index contributed by atoms with van der Waals surface area (Å²) in [7, 11) is 0. The fourth-order valence-corrected chi connectivity index (χ4v) is 4.56. The average Bonchev–Trinajstić information content (AvgIpc) is 2.58. The van der Waals surface area contributed by atoms with Gasteiger partial charge in [-0.3, -0.25) is 4.79 Å². The van der Waals surface area contributed by atoms with E-state index in [2.05, 4.69) is 27.7 Å². The maximum absolute atomic E-state index is 12.3. The monoisotopic (exact) mass is 240 g/mol. The van der Waals surface area contributed by atoms with Gasteiger partial charge >= 0.3 is 0 Å². The van der Waals surface area contributed by atoms with Crippen LogP contribution < -0.4 is 0 Å². The highest BCUT2D eigenvalue weighted by atomic mass is 32.2. The standard InChI is InChI=1S/C14H24OS/c1-13(2)12(14(13,3)4)11(15)9-10-5-7-16-8-6-10/h10,12H,5-9H2,1-4H3. The maximum Gasteiger partial charge on any atom is 0.137 e. The summed E-state index contributed by atoms with van der Waals surface area (Å²) in [6.45, 7) is 8.97. The number of carbonyl (C=O) groups excluding carboxylic acids is 1. The van der Waals surface area contributed by atoms with Crippen molar-refractivity contribution in [2.45, 2.75) is 47.0 Å². The lowest BCUT2D eigenvalue weighted by Gasteiger charge is -2.20. The minimum Gasteiger partial charge on any atom is -0.299 e. The topological polar surface area (TPSA) is 17.1 Å². The lowest BCUT2D eigenvalue weighted by Crippen LogP contribution is -2.17. The van der Waals surface area contributed by atoms with E-state index in [0.29, 0.717) is 17.6 Å². The summed E-state index contributed by atoms with van der Waals surface area (Å²) in [5.41, 5.74) is 0.459. The maximum atomic E-state index is 12.3. The van der Waals surface area contributed by atoms with E-state index in [-0.39, 0.29) is 10.8 Å². The Bertz CT molecular complexity index is 273. The van der Waals surface area contributed by atoms with Crippen LogP contribution in [0, 0.1) is 22.7 Å². The minimum absolute atomic E-state index is 0.230. The third kappa shape index (κ3) is 1.94. The van der Waals surface area contributed by atoms with Crippen LogP contribution in [0.5, 0.6) is 0 Å². The summed E-state index contributed by atoms with van der Waals surface area (Å²) in [4.78, 5) is 12.3. The zero-order valence-electron chi connectivity index (χ0n) is 11.0. The SMILES string of the molecule is CC1(C)C(C(=O)CC2CCSCC2)C1(C)C. The molecule has 0 spiro atoms. The molecule has 0 radical (unpaired) electrons. The van der Waals surface area contributed by atoms with E-state index in [1.54, 1.807) is 0 Å². The fraction of sp³-hybridized carbons (Fsp3) is 0.929. The molecule has 92 valence electrons. The molecule has 2 rings (SSSR count). The highest BCUT2D eigenvalue weighted by Crippen LogP contribution is 2.69. The predicted molar refractivity (Wildman–Crippen MR) is 70.7 cm³/mol. The van der Waals surface area contributed by atoms with Gasteiger partial charge in [-0.15, -0.1) is 0 Å². The van der Waals surface area contributed by atoms with Crippen molar-refractivity contribution < 1.29 is 4.79 Å². The van der Waals surface area contributed by atoms with Crippen LogP contribution in [-0.2, 0) is 4.79 Å². The molecule has 0 amide bonds. The van der Waals surface area contributed by atoms with Crippen molar-refractivity contribution in [1.82, 2.24) is 0 Å². The summed E-state index contributed by atoms with van der Waals surface area (Å²) in [5.74, 6) is 4.05. The van der Waals surface area contributed by atoms with Gasteiger partial charge in [-0.25, -0.2) is 0 Å². The lowest BCUT2D eigenvalue weighted by molar-refractivity contribution is -0.122. The Morgan fingerprint density at radius 2 is 1.62 bits per heavy atom. The number of hydrogen-bond donors (Lipinski definition) is 0. The minimum atomic E-state index is 0.230. The third-order valence-corrected chi connectivity index (χ3v) is 6.22. The molecule has 0 aromatic carbocycles. The van der Waals surface area contributed by atoms with E-state index < -0.39 is 0 Å². The molecule has 0 aromatic rings. The van der Waals surface area contributed by atoms with E-state index in [4.69, 9.17) is 0 Å². The fourth-order valence-electron chi connectivity index (χ4n) is 3.35. The molecule has 1 aliphatic carbocycles. The van der Waals surface area contributed by atoms with Crippen molar-refractivity contribution in [2.75, 3.05) is 11.5 Å². The predicted octanol–water partition coefficient (Wildman–Crippen LogP) is 3.77. The molecule has 16 heavy (non-hydrogen) atoms. The van der Waals surface area contributed by atoms with E-state index in [1.807, 2.05) is 11.8 Å². The van der Waals surface area contributed by atoms with Crippen molar-refractivity contribution in [3.63, 3.8) is 0 Å². The molecule has 2 fully saturated rings. The first kappa shape index (κ1) is 12.5. The second-order valence-corrected chi connectivity index (χ2v) is 7.83. The molecule has 2 aliphatic rings. The summed E-state index contributed by atoms with van der Waals surface area (Å²) in [5, 5.41) is 0. The first-order valence-electron chi connectivity index (χ1n) is 6.48. The van der Waals surface area contributed by atoms with Crippen molar-refractivity contribution in [1.29, 1.82) is 0 Å². The summed E-state index contributed by atoms with van der Waals surface area (Å²) in [6.07, 6.45) is 3.35. The van der Waals surface area contributed by atoms with Crippen LogP contribution in [0.1, 0.15) is 47.0 Å². The molecule has 0 aromatic heterocycles. The quantitative estimate of drug-likeness (QED) is 0.747. The van der Waals surface area contributed by atoms with E-state index in [9.17, 15) is 4.79 Å². The lowest BCUT2D eigenvalue weighted by atomic mass is 9.92. The molecular weight excluding hydrogens is 216 g/mol. The zero-order valence-corrected chi connectivity index (χ0v) is 11.8. The first-order chi connectivity index (χ1) is 7.37. The number of ketones is 1. The Morgan fingerprint density at radius 3 is 2.06 bits per heavy atom. The Morgan fingerprint density at radius 1 is 1.12 bits per heavy atom. The van der Waals surface area contributed by atoms with Crippen LogP contribution >= 0.6 is 11.8 Å².